The molecule has 0 atom stereocenters. The van der Waals surface area contributed by atoms with Crippen LogP contribution in [-0.2, 0) is 11.3 Å². The molecule has 7 nitrogen and oxygen atoms in total. The number of piperazine rings is 1. The molecule has 1 saturated carbocycles. The molecule has 0 bridgehead atoms. The first-order valence-electron chi connectivity index (χ1n) is 13.9. The van der Waals surface area contributed by atoms with Crippen LogP contribution in [0.1, 0.15) is 52.0 Å². The van der Waals surface area contributed by atoms with Crippen LogP contribution in [0, 0.1) is 11.7 Å². The van der Waals surface area contributed by atoms with E-state index in [1.165, 1.54) is 12.1 Å². The number of amides is 3. The van der Waals surface area contributed by atoms with E-state index in [0.29, 0.717) is 44.0 Å². The summed E-state index contributed by atoms with van der Waals surface area (Å²) in [6, 6.07) is 21.3. The summed E-state index contributed by atoms with van der Waals surface area (Å²) < 4.78 is 14.2. The number of nitrogens with zero attached hydrogens (tertiary/aromatic N) is 3. The fourth-order valence-electron chi connectivity index (χ4n) is 5.58. The van der Waals surface area contributed by atoms with E-state index in [2.05, 4.69) is 10.2 Å². The summed E-state index contributed by atoms with van der Waals surface area (Å²) in [5.41, 5.74) is 2.94. The lowest BCUT2D eigenvalue weighted by atomic mass is 10.1. The second-order valence-electron chi connectivity index (χ2n) is 10.6. The third-order valence-corrected chi connectivity index (χ3v) is 7.84. The summed E-state index contributed by atoms with van der Waals surface area (Å²) in [5, 5.41) is 3.03. The van der Waals surface area contributed by atoms with Crippen molar-refractivity contribution in [1.82, 2.24) is 9.80 Å². The Kier molecular flexibility index (Phi) is 8.43. The van der Waals surface area contributed by atoms with Crippen LogP contribution in [0.25, 0.3) is 0 Å². The molecule has 2 fully saturated rings. The maximum Gasteiger partial charge on any atom is 0.256 e. The van der Waals surface area contributed by atoms with Crippen LogP contribution >= 0.6 is 0 Å². The van der Waals surface area contributed by atoms with E-state index in [9.17, 15) is 18.8 Å². The lowest BCUT2D eigenvalue weighted by Gasteiger charge is -2.37. The van der Waals surface area contributed by atoms with Gasteiger partial charge in [-0.2, -0.15) is 0 Å². The van der Waals surface area contributed by atoms with Crippen LogP contribution in [-0.4, -0.2) is 60.7 Å². The van der Waals surface area contributed by atoms with Gasteiger partial charge in [0.2, 0.25) is 5.91 Å². The minimum atomic E-state index is -0.528. The van der Waals surface area contributed by atoms with Crippen molar-refractivity contribution in [1.29, 1.82) is 0 Å². The van der Waals surface area contributed by atoms with Crippen molar-refractivity contribution in [2.45, 2.75) is 32.2 Å². The van der Waals surface area contributed by atoms with E-state index in [-0.39, 0.29) is 29.2 Å². The van der Waals surface area contributed by atoms with Gasteiger partial charge in [-0.25, -0.2) is 4.39 Å². The van der Waals surface area contributed by atoms with E-state index in [1.54, 1.807) is 35.0 Å². The Morgan fingerprint density at radius 2 is 1.55 bits per heavy atom. The number of anilines is 2. The highest BCUT2D eigenvalue weighted by atomic mass is 19.1. The number of benzene rings is 3. The number of carbonyl (C=O) groups excluding carboxylic acids is 3. The average molecular weight is 543 g/mol. The van der Waals surface area contributed by atoms with E-state index in [1.807, 2.05) is 42.5 Å². The largest absolute Gasteiger partial charge is 0.367 e. The van der Waals surface area contributed by atoms with Crippen LogP contribution in [0.3, 0.4) is 0 Å². The zero-order valence-corrected chi connectivity index (χ0v) is 22.8. The van der Waals surface area contributed by atoms with Crippen molar-refractivity contribution in [2.75, 3.05) is 43.4 Å². The monoisotopic (exact) mass is 542 g/mol. The Bertz CT molecular complexity index is 1370. The average Bonchev–Trinajstić information content (AvgIpc) is 3.53. The lowest BCUT2D eigenvalue weighted by molar-refractivity contribution is -0.119. The van der Waals surface area contributed by atoms with E-state index >= 15 is 0 Å². The van der Waals surface area contributed by atoms with Crippen molar-refractivity contribution in [3.05, 3.63) is 95.3 Å². The molecule has 40 heavy (non-hydrogen) atoms. The van der Waals surface area contributed by atoms with Gasteiger partial charge >= 0.3 is 0 Å². The van der Waals surface area contributed by atoms with Gasteiger partial charge in [0.15, 0.2) is 0 Å². The molecule has 3 amide bonds. The molecule has 0 unspecified atom stereocenters. The van der Waals surface area contributed by atoms with Crippen LogP contribution in [0.4, 0.5) is 15.8 Å². The molecule has 0 radical (unpaired) electrons. The fourth-order valence-corrected chi connectivity index (χ4v) is 5.58. The SMILES string of the molecule is CN(Cc1ccccc1)C(=O)c1cc(NC(=O)C2CCCC2)ccc1N1CCN(C(=O)c2ccccc2F)CC1. The molecule has 208 valence electrons. The molecule has 1 aliphatic carbocycles. The molecule has 3 aromatic rings. The third kappa shape index (κ3) is 6.17. The van der Waals surface area contributed by atoms with Gasteiger partial charge in [0.1, 0.15) is 5.82 Å². The topological polar surface area (TPSA) is 73.0 Å². The standard InChI is InChI=1S/C32H35FN4O3/c1-35(22-23-9-3-2-4-10-23)31(39)27-21-25(34-30(38)24-11-5-6-12-24)15-16-29(27)36-17-19-37(20-18-36)32(40)26-13-7-8-14-28(26)33/h2-4,7-10,13-16,21,24H,5-6,11-12,17-20,22H2,1H3,(H,34,38). The van der Waals surface area contributed by atoms with E-state index in [0.717, 1.165) is 36.9 Å². The van der Waals surface area contributed by atoms with Gasteiger partial charge in [0, 0.05) is 57.1 Å². The van der Waals surface area contributed by atoms with Gasteiger partial charge in [-0.05, 0) is 48.7 Å². The van der Waals surface area contributed by atoms with Crippen LogP contribution < -0.4 is 10.2 Å². The summed E-state index contributed by atoms with van der Waals surface area (Å²) in [5.74, 6) is -0.997. The number of halogens is 1. The van der Waals surface area contributed by atoms with Gasteiger partial charge in [-0.1, -0.05) is 55.3 Å². The molecule has 1 N–H and O–H groups in total. The van der Waals surface area contributed by atoms with Crippen molar-refractivity contribution in [3.8, 4) is 0 Å². The van der Waals surface area contributed by atoms with Crippen LogP contribution in [0.5, 0.6) is 0 Å². The highest BCUT2D eigenvalue weighted by molar-refractivity contribution is 6.02. The molecule has 3 aromatic carbocycles. The first-order chi connectivity index (χ1) is 19.4. The van der Waals surface area contributed by atoms with Crippen molar-refractivity contribution in [3.63, 3.8) is 0 Å². The fraction of sp³-hybridized carbons (Fsp3) is 0.344. The highest BCUT2D eigenvalue weighted by Gasteiger charge is 2.28. The zero-order chi connectivity index (χ0) is 28.1. The lowest BCUT2D eigenvalue weighted by Crippen LogP contribution is -2.49. The third-order valence-electron chi connectivity index (χ3n) is 7.84. The number of rotatable bonds is 7. The van der Waals surface area contributed by atoms with Gasteiger partial charge in [0.05, 0.1) is 11.1 Å². The van der Waals surface area contributed by atoms with Crippen molar-refractivity contribution >= 4 is 29.1 Å². The molecule has 1 saturated heterocycles. The Hall–Kier alpha value is -4.20. The minimum Gasteiger partial charge on any atom is -0.367 e. The molecule has 5 rings (SSSR count). The van der Waals surface area contributed by atoms with E-state index < -0.39 is 5.82 Å². The molecule has 1 aliphatic heterocycles. The zero-order valence-electron chi connectivity index (χ0n) is 22.8. The molecule has 0 spiro atoms. The summed E-state index contributed by atoms with van der Waals surface area (Å²) >= 11 is 0. The summed E-state index contributed by atoms with van der Waals surface area (Å²) in [7, 11) is 1.77. The Morgan fingerprint density at radius 1 is 0.875 bits per heavy atom. The molecule has 8 heteroatoms. The first kappa shape index (κ1) is 27.4. The Balaban J connectivity index is 1.35. The summed E-state index contributed by atoms with van der Waals surface area (Å²) in [4.78, 5) is 44.9. The predicted molar refractivity (Wildman–Crippen MR) is 154 cm³/mol. The normalized spacial score (nSPS) is 15.7. The number of hydrogen-bond donors (Lipinski definition) is 1. The minimum absolute atomic E-state index is 0.00144. The summed E-state index contributed by atoms with van der Waals surface area (Å²) in [6.45, 7) is 2.25. The summed E-state index contributed by atoms with van der Waals surface area (Å²) in [6.07, 6.45) is 3.92. The number of nitrogens with one attached hydrogen (secondary N) is 1. The molecular weight excluding hydrogens is 507 g/mol. The molecule has 2 aliphatic rings. The highest BCUT2D eigenvalue weighted by Crippen LogP contribution is 2.30. The number of hydrogen-bond acceptors (Lipinski definition) is 4. The quantitative estimate of drug-likeness (QED) is 0.446. The second-order valence-corrected chi connectivity index (χ2v) is 10.6. The number of carbonyl (C=O) groups is 3. The predicted octanol–water partition coefficient (Wildman–Crippen LogP) is 5.19. The molecular formula is C32H35FN4O3. The van der Waals surface area contributed by atoms with Crippen molar-refractivity contribution in [2.24, 2.45) is 5.92 Å². The maximum absolute atomic E-state index is 14.2. The smallest absolute Gasteiger partial charge is 0.256 e. The molecule has 0 aromatic heterocycles. The van der Waals surface area contributed by atoms with E-state index in [4.69, 9.17) is 0 Å². The first-order valence-corrected chi connectivity index (χ1v) is 13.9. The maximum atomic E-state index is 14.2. The van der Waals surface area contributed by atoms with Gasteiger partial charge in [-0.15, -0.1) is 0 Å². The van der Waals surface area contributed by atoms with Gasteiger partial charge < -0.3 is 20.0 Å². The Morgan fingerprint density at radius 3 is 2.25 bits per heavy atom. The van der Waals surface area contributed by atoms with Gasteiger partial charge in [-0.3, -0.25) is 14.4 Å². The molecule has 1 heterocycles. The van der Waals surface area contributed by atoms with Crippen LogP contribution in [0.2, 0.25) is 0 Å². The van der Waals surface area contributed by atoms with Gasteiger partial charge in [0.25, 0.3) is 11.8 Å². The Labute approximate surface area is 234 Å². The second kappa shape index (κ2) is 12.3. The van der Waals surface area contributed by atoms with Crippen LogP contribution in [0.15, 0.2) is 72.8 Å². The van der Waals surface area contributed by atoms with Crippen molar-refractivity contribution < 1.29 is 18.8 Å².